The second-order valence-electron chi connectivity index (χ2n) is 11.1. The molecule has 0 spiro atoms. The lowest BCUT2D eigenvalue weighted by molar-refractivity contribution is 0.258. The highest BCUT2D eigenvalue weighted by molar-refractivity contribution is 7.99. The lowest BCUT2D eigenvalue weighted by Crippen LogP contribution is -2.47. The Kier molecular flexibility index (Phi) is 10.5. The second kappa shape index (κ2) is 12.3. The molecule has 0 saturated carbocycles. The van der Waals surface area contributed by atoms with E-state index in [1.54, 1.807) is 11.8 Å². The summed E-state index contributed by atoms with van der Waals surface area (Å²) in [7, 11) is -2.61. The Labute approximate surface area is 219 Å². The average molecular weight is 544 g/mol. The summed E-state index contributed by atoms with van der Waals surface area (Å²) in [6.45, 7) is 20.5. The van der Waals surface area contributed by atoms with E-state index in [0.29, 0.717) is 0 Å². The molecule has 0 aliphatic carbocycles. The fourth-order valence-corrected chi connectivity index (χ4v) is 4.36. The summed E-state index contributed by atoms with van der Waals surface area (Å²) >= 11 is 1.80. The summed E-state index contributed by atoms with van der Waals surface area (Å²) in [6.07, 6.45) is 1.16. The maximum atomic E-state index is 8.88. The summed E-state index contributed by atoms with van der Waals surface area (Å²) < 4.78 is 10.9. The van der Waals surface area contributed by atoms with Crippen molar-refractivity contribution < 1.29 is 19.2 Å². The average Bonchev–Trinajstić information content (AvgIpc) is 3.07. The van der Waals surface area contributed by atoms with Gasteiger partial charge in [-0.3, -0.25) is 4.90 Å². The monoisotopic (exact) mass is 543 g/mol. The number of aromatic nitrogens is 5. The number of phosphoric acid groups is 1. The van der Waals surface area contributed by atoms with Crippen LogP contribution in [-0.4, -0.2) is 82.8 Å². The van der Waals surface area contributed by atoms with E-state index in [0.717, 1.165) is 73.2 Å². The molecule has 0 atom stereocenters. The van der Waals surface area contributed by atoms with Crippen molar-refractivity contribution in [1.29, 1.82) is 0 Å². The van der Waals surface area contributed by atoms with Crippen molar-refractivity contribution in [2.24, 2.45) is 7.05 Å². The standard InChI is InChI=1S/C23H39N7S.H3O4P/c1-17-26-27-21(28(17)8)31-15-9-10-29-11-13-30(14-12-29)19-16-18(22(2,3)4)24-20(25-19)23(5,6)7;1-5(2,3)4/h16H,9-15H2,1-8H3;(H3,1,2,3,4). The van der Waals surface area contributed by atoms with E-state index in [9.17, 15) is 0 Å². The minimum atomic E-state index is -4.64. The molecule has 1 aliphatic rings. The molecule has 13 heteroatoms. The molecular weight excluding hydrogens is 501 g/mol. The number of aryl methyl sites for hydroxylation is 1. The van der Waals surface area contributed by atoms with Crippen LogP contribution in [0.25, 0.3) is 0 Å². The van der Waals surface area contributed by atoms with Crippen LogP contribution < -0.4 is 4.90 Å². The van der Waals surface area contributed by atoms with Crippen LogP contribution in [0.1, 0.15) is 65.3 Å². The van der Waals surface area contributed by atoms with Gasteiger partial charge in [-0.15, -0.1) is 10.2 Å². The number of piperazine rings is 1. The molecule has 1 saturated heterocycles. The maximum absolute atomic E-state index is 8.88. The van der Waals surface area contributed by atoms with Crippen LogP contribution in [0.5, 0.6) is 0 Å². The third-order valence-corrected chi connectivity index (χ3v) is 6.86. The quantitative estimate of drug-likeness (QED) is 0.281. The summed E-state index contributed by atoms with van der Waals surface area (Å²) in [4.78, 5) is 36.4. The largest absolute Gasteiger partial charge is 0.466 e. The first-order chi connectivity index (χ1) is 16.4. The molecule has 0 amide bonds. The van der Waals surface area contributed by atoms with Gasteiger partial charge in [-0.05, 0) is 19.9 Å². The van der Waals surface area contributed by atoms with Gasteiger partial charge in [-0.1, -0.05) is 53.3 Å². The van der Waals surface area contributed by atoms with Crippen LogP contribution in [0.2, 0.25) is 0 Å². The molecule has 1 fully saturated rings. The molecule has 2 aromatic heterocycles. The summed E-state index contributed by atoms with van der Waals surface area (Å²) in [5, 5.41) is 9.37. The van der Waals surface area contributed by atoms with Crippen LogP contribution in [0.3, 0.4) is 0 Å². The first-order valence-corrected chi connectivity index (χ1v) is 14.6. The first kappa shape index (κ1) is 30.7. The number of hydrogen-bond donors (Lipinski definition) is 3. The van der Waals surface area contributed by atoms with Crippen molar-refractivity contribution in [3.63, 3.8) is 0 Å². The number of anilines is 1. The number of nitrogens with zero attached hydrogens (tertiary/aromatic N) is 7. The molecule has 0 aromatic carbocycles. The molecule has 3 heterocycles. The molecule has 1 aliphatic heterocycles. The number of thioether (sulfide) groups is 1. The molecule has 2 aromatic rings. The van der Waals surface area contributed by atoms with Gasteiger partial charge >= 0.3 is 7.82 Å². The zero-order chi connectivity index (χ0) is 27.3. The van der Waals surface area contributed by atoms with Crippen molar-refractivity contribution in [3.05, 3.63) is 23.4 Å². The third kappa shape index (κ3) is 10.1. The van der Waals surface area contributed by atoms with Crippen LogP contribution in [0, 0.1) is 6.92 Å². The van der Waals surface area contributed by atoms with Gasteiger partial charge in [0.2, 0.25) is 0 Å². The van der Waals surface area contributed by atoms with E-state index in [-0.39, 0.29) is 10.8 Å². The van der Waals surface area contributed by atoms with Crippen molar-refractivity contribution >= 4 is 25.4 Å². The minimum absolute atomic E-state index is 0.0123. The van der Waals surface area contributed by atoms with Crippen LogP contribution in [0.4, 0.5) is 5.82 Å². The van der Waals surface area contributed by atoms with E-state index in [1.165, 1.54) is 0 Å². The number of rotatable bonds is 6. The topological polar surface area (TPSA) is 141 Å². The molecule has 3 N–H and O–H groups in total. The molecule has 11 nitrogen and oxygen atoms in total. The maximum Gasteiger partial charge on any atom is 0.466 e. The van der Waals surface area contributed by atoms with Crippen molar-refractivity contribution in [2.75, 3.05) is 43.4 Å². The highest BCUT2D eigenvalue weighted by Crippen LogP contribution is 2.28. The van der Waals surface area contributed by atoms with Crippen molar-refractivity contribution in [3.8, 4) is 0 Å². The normalized spacial score (nSPS) is 15.6. The van der Waals surface area contributed by atoms with Gasteiger partial charge in [-0.25, -0.2) is 14.5 Å². The highest BCUT2D eigenvalue weighted by Gasteiger charge is 2.26. The zero-order valence-electron chi connectivity index (χ0n) is 22.8. The van der Waals surface area contributed by atoms with E-state index < -0.39 is 7.82 Å². The summed E-state index contributed by atoms with van der Waals surface area (Å²) in [5.74, 6) is 4.06. The molecule has 0 bridgehead atoms. The summed E-state index contributed by atoms with van der Waals surface area (Å²) in [6, 6.07) is 2.20. The first-order valence-electron chi connectivity index (χ1n) is 12.1. The van der Waals surface area contributed by atoms with Crippen LogP contribution >= 0.6 is 19.6 Å². The fraction of sp³-hybridized carbons (Fsp3) is 0.739. The molecule has 3 rings (SSSR count). The smallest absolute Gasteiger partial charge is 0.354 e. The molecule has 204 valence electrons. The van der Waals surface area contributed by atoms with Crippen LogP contribution in [-0.2, 0) is 22.4 Å². The molecule has 0 radical (unpaired) electrons. The van der Waals surface area contributed by atoms with E-state index >= 15 is 0 Å². The van der Waals surface area contributed by atoms with Crippen molar-refractivity contribution in [2.45, 2.75) is 70.9 Å². The van der Waals surface area contributed by atoms with Gasteiger partial charge in [0.1, 0.15) is 17.5 Å². The highest BCUT2D eigenvalue weighted by atomic mass is 32.2. The van der Waals surface area contributed by atoms with Gasteiger partial charge in [0, 0.05) is 55.9 Å². The Morgan fingerprint density at radius 2 is 1.56 bits per heavy atom. The van der Waals surface area contributed by atoms with Gasteiger partial charge in [0.25, 0.3) is 0 Å². The lowest BCUT2D eigenvalue weighted by Gasteiger charge is -2.36. The lowest BCUT2D eigenvalue weighted by atomic mass is 9.90. The molecular formula is C23H42N7O4PS. The minimum Gasteiger partial charge on any atom is -0.354 e. The predicted octanol–water partition coefficient (Wildman–Crippen LogP) is 2.88. The van der Waals surface area contributed by atoms with Crippen LogP contribution in [0.15, 0.2) is 11.2 Å². The summed E-state index contributed by atoms with van der Waals surface area (Å²) in [5.41, 5.74) is 1.08. The SMILES string of the molecule is Cc1nnc(SCCCN2CCN(c3cc(C(C)(C)C)nc(C(C)(C)C)n3)CC2)n1C.O=P(O)(O)O. The third-order valence-electron chi connectivity index (χ3n) is 5.75. The Morgan fingerprint density at radius 3 is 2.03 bits per heavy atom. The number of hydrogen-bond acceptors (Lipinski definition) is 8. The fourth-order valence-electron chi connectivity index (χ4n) is 3.48. The predicted molar refractivity (Wildman–Crippen MR) is 143 cm³/mol. The van der Waals surface area contributed by atoms with Crippen molar-refractivity contribution in [1.82, 2.24) is 29.6 Å². The van der Waals surface area contributed by atoms with Gasteiger partial charge < -0.3 is 24.1 Å². The van der Waals surface area contributed by atoms with E-state index in [1.807, 2.05) is 14.0 Å². The second-order valence-corrected chi connectivity index (χ2v) is 13.2. The Morgan fingerprint density at radius 1 is 0.972 bits per heavy atom. The van der Waals surface area contributed by atoms with Gasteiger partial charge in [0.05, 0.1) is 5.69 Å². The van der Waals surface area contributed by atoms with Gasteiger partial charge in [0.15, 0.2) is 5.16 Å². The zero-order valence-corrected chi connectivity index (χ0v) is 24.5. The van der Waals surface area contributed by atoms with Gasteiger partial charge in [-0.2, -0.15) is 0 Å². The Balaban J connectivity index is 0.000000830. The Hall–Kier alpha value is -1.56. The van der Waals surface area contributed by atoms with E-state index in [2.05, 4.69) is 72.2 Å². The Bertz CT molecular complexity index is 998. The van der Waals surface area contributed by atoms with E-state index in [4.69, 9.17) is 29.2 Å². The molecule has 0 unspecified atom stereocenters. The molecule has 36 heavy (non-hydrogen) atoms.